The fraction of sp³-hybridized carbons (Fsp3) is 0.333. The highest BCUT2D eigenvalue weighted by molar-refractivity contribution is 6.00. The topological polar surface area (TPSA) is 63.7 Å². The predicted octanol–water partition coefficient (Wildman–Crippen LogP) is 5.07. The van der Waals surface area contributed by atoms with E-state index in [1.807, 2.05) is 26.0 Å². The molecule has 0 aliphatic carbocycles. The number of carbonyl (C=O) groups is 1. The van der Waals surface area contributed by atoms with Gasteiger partial charge in [0, 0.05) is 35.3 Å². The zero-order valence-electron chi connectivity index (χ0n) is 17.1. The van der Waals surface area contributed by atoms with Gasteiger partial charge in [-0.1, -0.05) is 31.2 Å². The van der Waals surface area contributed by atoms with E-state index in [1.165, 1.54) is 0 Å². The molecule has 150 valence electrons. The van der Waals surface area contributed by atoms with Gasteiger partial charge < -0.3 is 14.5 Å². The van der Waals surface area contributed by atoms with Crippen molar-refractivity contribution in [1.82, 2.24) is 4.98 Å². The Labute approximate surface area is 170 Å². The number of ether oxygens (including phenoxy) is 2. The Morgan fingerprint density at radius 3 is 2.76 bits per heavy atom. The van der Waals surface area contributed by atoms with Crippen molar-refractivity contribution in [2.45, 2.75) is 32.6 Å². The summed E-state index contributed by atoms with van der Waals surface area (Å²) in [5.74, 6) is 0.330. The van der Waals surface area contributed by atoms with Crippen molar-refractivity contribution in [1.29, 1.82) is 0 Å². The van der Waals surface area contributed by atoms with Gasteiger partial charge in [0.25, 0.3) is 0 Å². The van der Waals surface area contributed by atoms with Crippen LogP contribution < -0.4 is 4.74 Å². The van der Waals surface area contributed by atoms with E-state index in [-0.39, 0.29) is 11.9 Å². The zero-order chi connectivity index (χ0) is 20.4. The van der Waals surface area contributed by atoms with E-state index in [0.717, 1.165) is 39.0 Å². The molecule has 2 unspecified atom stereocenters. The number of esters is 1. The smallest absolute Gasteiger partial charge is 0.320 e. The number of benzene rings is 2. The first-order valence-corrected chi connectivity index (χ1v) is 10.2. The van der Waals surface area contributed by atoms with Crippen LogP contribution in [0.2, 0.25) is 0 Å². The number of nitrogens with one attached hydrogen (secondary N) is 1. The number of aromatic nitrogens is 1. The largest absolute Gasteiger partial charge is 0.494 e. The molecule has 0 fully saturated rings. The second-order valence-corrected chi connectivity index (χ2v) is 7.32. The highest BCUT2D eigenvalue weighted by Crippen LogP contribution is 2.37. The normalized spacial score (nSPS) is 18.3. The van der Waals surface area contributed by atoms with E-state index in [2.05, 4.69) is 47.2 Å². The molecule has 2 heterocycles. The summed E-state index contributed by atoms with van der Waals surface area (Å²) in [6.07, 6.45) is 1.72. The number of H-pyrrole nitrogens is 1. The fourth-order valence-electron chi connectivity index (χ4n) is 4.03. The molecule has 0 bridgehead atoms. The quantitative estimate of drug-likeness (QED) is 0.619. The molecule has 5 nitrogen and oxygen atoms in total. The maximum atomic E-state index is 12.5. The molecule has 1 aliphatic rings. The Morgan fingerprint density at radius 2 is 1.97 bits per heavy atom. The summed E-state index contributed by atoms with van der Waals surface area (Å²) in [4.78, 5) is 20.5. The average molecular weight is 390 g/mol. The number of hydrogen-bond acceptors (Lipinski definition) is 4. The Kier molecular flexibility index (Phi) is 5.38. The molecular formula is C24H26N2O3. The van der Waals surface area contributed by atoms with Gasteiger partial charge in [0.2, 0.25) is 0 Å². The van der Waals surface area contributed by atoms with Crippen molar-refractivity contribution in [3.8, 4) is 16.9 Å². The molecule has 29 heavy (non-hydrogen) atoms. The van der Waals surface area contributed by atoms with E-state index in [4.69, 9.17) is 9.47 Å². The lowest BCUT2D eigenvalue weighted by molar-refractivity contribution is -0.143. The van der Waals surface area contributed by atoms with Crippen molar-refractivity contribution in [3.05, 3.63) is 53.7 Å². The first-order valence-electron chi connectivity index (χ1n) is 10.2. The zero-order valence-corrected chi connectivity index (χ0v) is 17.1. The maximum Gasteiger partial charge on any atom is 0.320 e. The van der Waals surface area contributed by atoms with Crippen molar-refractivity contribution >= 4 is 23.1 Å². The number of carbonyl (C=O) groups excluding carboxylic acids is 1. The van der Waals surface area contributed by atoms with E-state index in [0.29, 0.717) is 19.8 Å². The van der Waals surface area contributed by atoms with Crippen LogP contribution in [0.25, 0.3) is 22.0 Å². The second kappa shape index (κ2) is 8.11. The van der Waals surface area contributed by atoms with Crippen LogP contribution >= 0.6 is 0 Å². The summed E-state index contributed by atoms with van der Waals surface area (Å²) in [6.45, 7) is 7.61. The molecule has 2 atom stereocenters. The monoisotopic (exact) mass is 390 g/mol. The maximum absolute atomic E-state index is 12.5. The molecule has 1 aromatic heterocycles. The van der Waals surface area contributed by atoms with E-state index in [9.17, 15) is 4.79 Å². The Morgan fingerprint density at radius 1 is 1.14 bits per heavy atom. The van der Waals surface area contributed by atoms with Crippen LogP contribution in [-0.4, -0.2) is 36.9 Å². The van der Waals surface area contributed by atoms with Crippen molar-refractivity contribution in [2.24, 2.45) is 4.99 Å². The third-order valence-corrected chi connectivity index (χ3v) is 5.33. The number of aliphatic imine (C=N–C) groups is 1. The van der Waals surface area contributed by atoms with E-state index >= 15 is 0 Å². The average Bonchev–Trinajstić information content (AvgIpc) is 3.01. The van der Waals surface area contributed by atoms with Crippen LogP contribution in [0.5, 0.6) is 5.75 Å². The molecule has 1 aliphatic heterocycles. The third kappa shape index (κ3) is 3.65. The first kappa shape index (κ1) is 19.2. The molecule has 2 aromatic carbocycles. The summed E-state index contributed by atoms with van der Waals surface area (Å²) < 4.78 is 10.9. The lowest BCUT2D eigenvalue weighted by atomic mass is 9.93. The molecular weight excluding hydrogens is 364 g/mol. The molecule has 0 amide bonds. The molecule has 4 rings (SSSR count). The molecule has 0 saturated carbocycles. The number of hydrogen-bond donors (Lipinski definition) is 1. The SMILES string of the molecule is CCOC(=O)C1C=NCC(C)c2c1[nH]c1cc(-c3cccc(OCC)c3)ccc21. The van der Waals surface area contributed by atoms with Crippen molar-refractivity contribution in [3.63, 3.8) is 0 Å². The van der Waals surface area contributed by atoms with Crippen LogP contribution in [0.4, 0.5) is 0 Å². The molecule has 0 radical (unpaired) electrons. The van der Waals surface area contributed by atoms with Crippen LogP contribution in [0.15, 0.2) is 47.5 Å². The highest BCUT2D eigenvalue weighted by atomic mass is 16.5. The van der Waals surface area contributed by atoms with Gasteiger partial charge in [-0.2, -0.15) is 0 Å². The van der Waals surface area contributed by atoms with Gasteiger partial charge in [-0.15, -0.1) is 0 Å². The second-order valence-electron chi connectivity index (χ2n) is 7.32. The number of fused-ring (bicyclic) bond motifs is 3. The lowest BCUT2D eigenvalue weighted by Gasteiger charge is -2.12. The molecule has 5 heteroatoms. The number of nitrogens with zero attached hydrogens (tertiary/aromatic N) is 1. The van der Waals surface area contributed by atoms with Gasteiger partial charge in [-0.05, 0) is 48.7 Å². The predicted molar refractivity (Wildman–Crippen MR) is 116 cm³/mol. The van der Waals surface area contributed by atoms with Crippen molar-refractivity contribution < 1.29 is 14.3 Å². The van der Waals surface area contributed by atoms with E-state index < -0.39 is 5.92 Å². The van der Waals surface area contributed by atoms with Gasteiger partial charge in [-0.25, -0.2) is 0 Å². The van der Waals surface area contributed by atoms with Gasteiger partial charge in [0.05, 0.1) is 13.2 Å². The van der Waals surface area contributed by atoms with Gasteiger partial charge >= 0.3 is 5.97 Å². The molecule has 3 aromatic rings. The number of aromatic amines is 1. The summed E-state index contributed by atoms with van der Waals surface area (Å²) in [7, 11) is 0. The van der Waals surface area contributed by atoms with Gasteiger partial charge in [0.1, 0.15) is 11.7 Å². The standard InChI is InChI=1S/C24H26N2O3/c1-4-28-18-8-6-7-16(11-18)17-9-10-19-21(12-17)26-23-20(24(27)29-5-2)14-25-13-15(3)22(19)23/h6-12,14-15,20,26H,4-5,13H2,1-3H3. The van der Waals surface area contributed by atoms with Crippen LogP contribution in [0, 0.1) is 0 Å². The van der Waals surface area contributed by atoms with Gasteiger partial charge in [0.15, 0.2) is 0 Å². The molecule has 0 saturated heterocycles. The minimum Gasteiger partial charge on any atom is -0.494 e. The molecule has 0 spiro atoms. The third-order valence-electron chi connectivity index (χ3n) is 5.33. The van der Waals surface area contributed by atoms with Crippen LogP contribution in [-0.2, 0) is 9.53 Å². The Hall–Kier alpha value is -3.08. The minimum atomic E-state index is -0.493. The van der Waals surface area contributed by atoms with Gasteiger partial charge in [-0.3, -0.25) is 9.79 Å². The summed E-state index contributed by atoms with van der Waals surface area (Å²) in [5, 5.41) is 1.14. The Bertz CT molecular complexity index is 1070. The van der Waals surface area contributed by atoms with E-state index in [1.54, 1.807) is 6.21 Å². The van der Waals surface area contributed by atoms with Crippen LogP contribution in [0.1, 0.15) is 43.9 Å². The van der Waals surface area contributed by atoms with Crippen molar-refractivity contribution in [2.75, 3.05) is 19.8 Å². The number of rotatable bonds is 5. The summed E-state index contributed by atoms with van der Waals surface area (Å²) >= 11 is 0. The lowest BCUT2D eigenvalue weighted by Crippen LogP contribution is -2.18. The van der Waals surface area contributed by atoms with Crippen LogP contribution in [0.3, 0.4) is 0 Å². The first-order chi connectivity index (χ1) is 14.1. The minimum absolute atomic E-state index is 0.224. The summed E-state index contributed by atoms with van der Waals surface area (Å²) in [5.41, 5.74) is 5.27. The summed E-state index contributed by atoms with van der Waals surface area (Å²) in [6, 6.07) is 14.5. The highest BCUT2D eigenvalue weighted by Gasteiger charge is 2.30. The Balaban J connectivity index is 1.80. The molecule has 1 N–H and O–H groups in total. The fourth-order valence-corrected chi connectivity index (χ4v) is 4.03.